The van der Waals surface area contributed by atoms with Crippen LogP contribution in [0.3, 0.4) is 0 Å². The topological polar surface area (TPSA) is 67.5 Å². The molecule has 0 atom stereocenters. The van der Waals surface area contributed by atoms with Crippen molar-refractivity contribution in [3.63, 3.8) is 0 Å². The third kappa shape index (κ3) is 2.74. The van der Waals surface area contributed by atoms with Gasteiger partial charge < -0.3 is 19.6 Å². The molecule has 1 aromatic heterocycles. The van der Waals surface area contributed by atoms with Crippen molar-refractivity contribution in [1.29, 1.82) is 0 Å². The second-order valence-corrected chi connectivity index (χ2v) is 4.49. The number of fused-ring (bicyclic) bond motifs is 1. The Hall–Kier alpha value is -2.76. The van der Waals surface area contributed by atoms with Crippen LogP contribution < -0.4 is 10.1 Å². The average molecular weight is 288 g/mol. The number of halogens is 1. The molecule has 0 radical (unpaired) electrons. The molecule has 0 bridgehead atoms. The van der Waals surface area contributed by atoms with Crippen molar-refractivity contribution in [3.8, 4) is 11.5 Å². The van der Waals surface area contributed by atoms with Gasteiger partial charge in [-0.1, -0.05) is 6.07 Å². The lowest BCUT2D eigenvalue weighted by Gasteiger charge is -2.06. The molecule has 0 unspecified atom stereocenters. The Morgan fingerprint density at radius 2 is 2.14 bits per heavy atom. The Morgan fingerprint density at radius 3 is 2.90 bits per heavy atom. The summed E-state index contributed by atoms with van der Waals surface area (Å²) in [6.07, 6.45) is 0. The fourth-order valence-corrected chi connectivity index (χ4v) is 2.00. The van der Waals surface area contributed by atoms with Crippen molar-refractivity contribution in [2.45, 2.75) is 6.54 Å². The first-order valence-electron chi connectivity index (χ1n) is 6.31. The van der Waals surface area contributed by atoms with Crippen LogP contribution in [0.5, 0.6) is 11.5 Å². The van der Waals surface area contributed by atoms with Crippen LogP contribution in [0.1, 0.15) is 5.56 Å². The van der Waals surface area contributed by atoms with Gasteiger partial charge in [0.1, 0.15) is 11.3 Å². The second kappa shape index (κ2) is 5.32. The molecular weight excluding hydrogens is 275 g/mol. The molecule has 21 heavy (non-hydrogen) atoms. The van der Waals surface area contributed by atoms with Gasteiger partial charge in [0.05, 0.1) is 7.11 Å². The third-order valence-corrected chi connectivity index (χ3v) is 3.04. The van der Waals surface area contributed by atoms with Crippen LogP contribution in [-0.4, -0.2) is 17.2 Å². The number of phenolic OH excluding ortho intramolecular Hbond substituents is 1. The monoisotopic (exact) mass is 288 g/mol. The predicted molar refractivity (Wildman–Crippen MR) is 76.0 cm³/mol. The van der Waals surface area contributed by atoms with Gasteiger partial charge in [-0.15, -0.1) is 0 Å². The first-order valence-corrected chi connectivity index (χ1v) is 6.31. The highest BCUT2D eigenvalue weighted by Gasteiger charge is 2.07. The quantitative estimate of drug-likeness (QED) is 0.771. The zero-order chi connectivity index (χ0) is 14.8. The van der Waals surface area contributed by atoms with Gasteiger partial charge in [0.15, 0.2) is 17.1 Å². The highest BCUT2D eigenvalue weighted by Crippen LogP contribution is 2.27. The van der Waals surface area contributed by atoms with E-state index in [2.05, 4.69) is 10.3 Å². The van der Waals surface area contributed by atoms with E-state index in [9.17, 15) is 9.50 Å². The lowest BCUT2D eigenvalue weighted by atomic mass is 10.2. The van der Waals surface area contributed by atoms with Crippen molar-refractivity contribution < 1.29 is 18.7 Å². The molecule has 2 N–H and O–H groups in total. The number of nitrogens with one attached hydrogen (secondary N) is 1. The molecule has 0 fully saturated rings. The van der Waals surface area contributed by atoms with E-state index in [4.69, 9.17) is 9.15 Å². The maximum Gasteiger partial charge on any atom is 0.295 e. The Balaban J connectivity index is 1.75. The molecule has 5 nitrogen and oxygen atoms in total. The Kier molecular flexibility index (Phi) is 3.35. The Morgan fingerprint density at radius 1 is 1.29 bits per heavy atom. The molecule has 0 amide bonds. The Bertz CT molecular complexity index is 786. The number of rotatable bonds is 4. The molecule has 3 aromatic rings. The second-order valence-electron chi connectivity index (χ2n) is 4.49. The van der Waals surface area contributed by atoms with Gasteiger partial charge in [0.25, 0.3) is 6.01 Å². The minimum Gasteiger partial charge on any atom is -0.504 e. The van der Waals surface area contributed by atoms with Crippen LogP contribution in [0.2, 0.25) is 0 Å². The van der Waals surface area contributed by atoms with Crippen molar-refractivity contribution in [2.75, 3.05) is 12.4 Å². The zero-order valence-electron chi connectivity index (χ0n) is 11.3. The summed E-state index contributed by atoms with van der Waals surface area (Å²) in [5.74, 6) is 0.120. The molecule has 108 valence electrons. The molecule has 0 saturated heterocycles. The number of aromatic nitrogens is 1. The van der Waals surface area contributed by atoms with Crippen LogP contribution >= 0.6 is 0 Å². The van der Waals surface area contributed by atoms with Gasteiger partial charge in [0, 0.05) is 12.6 Å². The summed E-state index contributed by atoms with van der Waals surface area (Å²) in [6, 6.07) is 9.53. The lowest BCUT2D eigenvalue weighted by Crippen LogP contribution is -1.99. The number of benzene rings is 2. The number of anilines is 1. The van der Waals surface area contributed by atoms with Gasteiger partial charge in [-0.2, -0.15) is 4.98 Å². The number of hydrogen-bond acceptors (Lipinski definition) is 5. The van der Waals surface area contributed by atoms with Crippen LogP contribution in [-0.2, 0) is 6.54 Å². The van der Waals surface area contributed by atoms with E-state index < -0.39 is 0 Å². The number of oxazole rings is 1. The average Bonchev–Trinajstić information content (AvgIpc) is 2.87. The van der Waals surface area contributed by atoms with Crippen LogP contribution in [0.15, 0.2) is 40.8 Å². The number of hydrogen-bond donors (Lipinski definition) is 2. The molecule has 0 aliphatic carbocycles. The van der Waals surface area contributed by atoms with Crippen molar-refractivity contribution in [1.82, 2.24) is 4.98 Å². The summed E-state index contributed by atoms with van der Waals surface area (Å²) in [7, 11) is 1.49. The first kappa shape index (κ1) is 13.2. The molecule has 0 saturated carbocycles. The molecular formula is C15H13FN2O3. The zero-order valence-corrected chi connectivity index (χ0v) is 11.3. The van der Waals surface area contributed by atoms with Gasteiger partial charge in [0.2, 0.25) is 0 Å². The highest BCUT2D eigenvalue weighted by molar-refractivity contribution is 5.74. The largest absolute Gasteiger partial charge is 0.504 e. The summed E-state index contributed by atoms with van der Waals surface area (Å²) < 4.78 is 23.5. The SMILES string of the molecule is COc1ccc(CNc2nc3cc(F)ccc3o2)cc1O. The summed E-state index contributed by atoms with van der Waals surface area (Å²) in [4.78, 5) is 4.14. The lowest BCUT2D eigenvalue weighted by molar-refractivity contribution is 0.373. The van der Waals surface area contributed by atoms with Gasteiger partial charge in [-0.3, -0.25) is 0 Å². The van der Waals surface area contributed by atoms with E-state index in [0.717, 1.165) is 5.56 Å². The van der Waals surface area contributed by atoms with Crippen molar-refractivity contribution >= 4 is 17.1 Å². The van der Waals surface area contributed by atoms with Crippen molar-refractivity contribution in [2.24, 2.45) is 0 Å². The van der Waals surface area contributed by atoms with E-state index in [1.165, 1.54) is 25.3 Å². The molecule has 2 aromatic carbocycles. The summed E-state index contributed by atoms with van der Waals surface area (Å²) in [5, 5.41) is 12.7. The van der Waals surface area contributed by atoms with Gasteiger partial charge >= 0.3 is 0 Å². The van der Waals surface area contributed by atoms with Gasteiger partial charge in [-0.05, 0) is 29.8 Å². The van der Waals surface area contributed by atoms with Crippen LogP contribution in [0.4, 0.5) is 10.4 Å². The molecule has 0 aliphatic rings. The van der Waals surface area contributed by atoms with Crippen LogP contribution in [0, 0.1) is 5.82 Å². The number of ether oxygens (including phenoxy) is 1. The Labute approximate surface area is 120 Å². The van der Waals surface area contributed by atoms with E-state index in [1.807, 2.05) is 6.07 Å². The fraction of sp³-hybridized carbons (Fsp3) is 0.133. The first-order chi connectivity index (χ1) is 10.2. The molecule has 6 heteroatoms. The fourth-order valence-electron chi connectivity index (χ4n) is 2.00. The predicted octanol–water partition coefficient (Wildman–Crippen LogP) is 3.29. The summed E-state index contributed by atoms with van der Waals surface area (Å²) in [5.41, 5.74) is 1.80. The van der Waals surface area contributed by atoms with Crippen molar-refractivity contribution in [3.05, 3.63) is 47.8 Å². The smallest absolute Gasteiger partial charge is 0.295 e. The maximum absolute atomic E-state index is 13.1. The number of phenols is 1. The minimum absolute atomic E-state index is 0.0661. The normalized spacial score (nSPS) is 10.8. The minimum atomic E-state index is -0.359. The maximum atomic E-state index is 13.1. The molecule has 1 heterocycles. The molecule has 3 rings (SSSR count). The number of nitrogens with zero attached hydrogens (tertiary/aromatic N) is 1. The van der Waals surface area contributed by atoms with Crippen LogP contribution in [0.25, 0.3) is 11.1 Å². The molecule has 0 spiro atoms. The highest BCUT2D eigenvalue weighted by atomic mass is 19.1. The van der Waals surface area contributed by atoms with E-state index in [0.29, 0.717) is 29.4 Å². The summed E-state index contributed by atoms with van der Waals surface area (Å²) in [6.45, 7) is 0.410. The number of methoxy groups -OCH3 is 1. The van der Waals surface area contributed by atoms with E-state index in [-0.39, 0.29) is 11.6 Å². The van der Waals surface area contributed by atoms with E-state index in [1.54, 1.807) is 12.1 Å². The standard InChI is InChI=1S/C15H13FN2O3/c1-20-14-4-2-9(6-12(14)19)8-17-15-18-11-7-10(16)3-5-13(11)21-15/h2-7,19H,8H2,1H3,(H,17,18). The molecule has 0 aliphatic heterocycles. The number of aromatic hydroxyl groups is 1. The third-order valence-electron chi connectivity index (χ3n) is 3.04. The summed E-state index contributed by atoms with van der Waals surface area (Å²) >= 11 is 0. The van der Waals surface area contributed by atoms with E-state index >= 15 is 0 Å². The van der Waals surface area contributed by atoms with Gasteiger partial charge in [-0.25, -0.2) is 4.39 Å².